The lowest BCUT2D eigenvalue weighted by Gasteiger charge is -2.17. The van der Waals surface area contributed by atoms with Crippen molar-refractivity contribution < 1.29 is 9.53 Å². The smallest absolute Gasteiger partial charge is 0.237 e. The minimum atomic E-state index is -0.387. The van der Waals surface area contributed by atoms with Gasteiger partial charge in [0.15, 0.2) is 11.0 Å². The molecule has 1 amide bonds. The van der Waals surface area contributed by atoms with Gasteiger partial charge in [0.05, 0.1) is 17.9 Å². The number of anilines is 1. The van der Waals surface area contributed by atoms with E-state index in [4.69, 9.17) is 16.3 Å². The van der Waals surface area contributed by atoms with Crippen LogP contribution in [0.1, 0.15) is 25.3 Å². The van der Waals surface area contributed by atoms with Crippen molar-refractivity contribution in [1.82, 2.24) is 19.7 Å². The Morgan fingerprint density at radius 1 is 1.32 bits per heavy atom. The fourth-order valence-corrected chi connectivity index (χ4v) is 5.19. The van der Waals surface area contributed by atoms with Gasteiger partial charge in [-0.1, -0.05) is 47.6 Å². The molecule has 2 aromatic carbocycles. The number of rotatable bonds is 7. The Hall–Kier alpha value is -2.81. The van der Waals surface area contributed by atoms with Gasteiger partial charge in [-0.15, -0.1) is 10.2 Å². The fourth-order valence-electron chi connectivity index (χ4n) is 4.16. The van der Waals surface area contributed by atoms with E-state index in [0.717, 1.165) is 47.3 Å². The summed E-state index contributed by atoms with van der Waals surface area (Å²) in [4.78, 5) is 16.3. The number of fused-ring (bicyclic) bond motifs is 1. The van der Waals surface area contributed by atoms with Crippen molar-refractivity contribution >= 4 is 45.9 Å². The predicted octanol–water partition coefficient (Wildman–Crippen LogP) is 5.69. The first-order valence-electron chi connectivity index (χ1n) is 11.3. The first-order chi connectivity index (χ1) is 16.5. The van der Waals surface area contributed by atoms with Gasteiger partial charge in [-0.2, -0.15) is 0 Å². The summed E-state index contributed by atoms with van der Waals surface area (Å²) in [5.74, 6) is 0.657. The van der Waals surface area contributed by atoms with Crippen LogP contribution < -0.4 is 5.32 Å². The third-order valence-corrected chi connectivity index (χ3v) is 7.38. The van der Waals surface area contributed by atoms with Crippen molar-refractivity contribution in [2.75, 3.05) is 11.9 Å². The van der Waals surface area contributed by atoms with E-state index in [1.807, 2.05) is 50.4 Å². The van der Waals surface area contributed by atoms with Gasteiger partial charge in [0.2, 0.25) is 5.91 Å². The van der Waals surface area contributed by atoms with Crippen LogP contribution in [0.5, 0.6) is 0 Å². The molecule has 1 saturated heterocycles. The van der Waals surface area contributed by atoms with Gasteiger partial charge in [-0.05, 0) is 50.5 Å². The van der Waals surface area contributed by atoms with Crippen LogP contribution >= 0.6 is 23.4 Å². The molecule has 176 valence electrons. The molecule has 0 radical (unpaired) electrons. The third-order valence-electron chi connectivity index (χ3n) is 6.07. The number of hydrogen-bond acceptors (Lipinski definition) is 5. The van der Waals surface area contributed by atoms with E-state index in [1.165, 1.54) is 11.8 Å². The molecule has 2 aromatic heterocycles. The van der Waals surface area contributed by atoms with Gasteiger partial charge in [0.25, 0.3) is 0 Å². The zero-order valence-electron chi connectivity index (χ0n) is 19.0. The summed E-state index contributed by atoms with van der Waals surface area (Å²) >= 11 is 7.50. The zero-order chi connectivity index (χ0) is 23.7. The van der Waals surface area contributed by atoms with E-state index in [2.05, 4.69) is 31.1 Å². The van der Waals surface area contributed by atoms with E-state index < -0.39 is 0 Å². The third kappa shape index (κ3) is 4.71. The average Bonchev–Trinajstić information content (AvgIpc) is 3.57. The SMILES string of the molecule is Cc1ccc(Cl)cc1NC(=O)C(C)Sc1nnc(-c2c[nH]c3ccccc23)n1CC1CCCO1. The molecule has 4 aromatic rings. The summed E-state index contributed by atoms with van der Waals surface area (Å²) < 4.78 is 8.00. The number of H-pyrrole nitrogens is 1. The van der Waals surface area contributed by atoms with Crippen LogP contribution in [0.15, 0.2) is 53.8 Å². The lowest BCUT2D eigenvalue weighted by Crippen LogP contribution is -2.24. The van der Waals surface area contributed by atoms with Gasteiger partial charge < -0.3 is 15.0 Å². The van der Waals surface area contributed by atoms with E-state index in [0.29, 0.717) is 22.4 Å². The number of para-hydroxylation sites is 1. The van der Waals surface area contributed by atoms with Crippen molar-refractivity contribution in [1.29, 1.82) is 0 Å². The molecule has 2 unspecified atom stereocenters. The molecular formula is C25H26ClN5O2S. The molecule has 34 heavy (non-hydrogen) atoms. The number of thioether (sulfide) groups is 1. The summed E-state index contributed by atoms with van der Waals surface area (Å²) in [5, 5.41) is 14.0. The standard InChI is InChI=1S/C25H26ClN5O2S/c1-15-9-10-17(26)12-22(15)28-24(32)16(2)34-25-30-29-23(31(25)14-18-6-5-11-33-18)20-13-27-21-8-4-3-7-19(20)21/h3-4,7-10,12-13,16,18,27H,5-6,11,14H2,1-2H3,(H,28,32). The molecule has 2 atom stereocenters. The number of amides is 1. The van der Waals surface area contributed by atoms with Crippen LogP contribution in [0.2, 0.25) is 5.02 Å². The van der Waals surface area contributed by atoms with Crippen molar-refractivity contribution in [2.24, 2.45) is 0 Å². The first kappa shape index (κ1) is 23.0. The normalized spacial score (nSPS) is 16.7. The Morgan fingerprint density at radius 3 is 3.00 bits per heavy atom. The Kier molecular flexibility index (Phi) is 6.63. The van der Waals surface area contributed by atoms with E-state index in [9.17, 15) is 4.79 Å². The second-order valence-corrected chi connectivity index (χ2v) is 10.3. The maximum Gasteiger partial charge on any atom is 0.237 e. The number of benzene rings is 2. The average molecular weight is 496 g/mol. The highest BCUT2D eigenvalue weighted by atomic mass is 35.5. The van der Waals surface area contributed by atoms with Crippen LogP contribution in [0.25, 0.3) is 22.3 Å². The van der Waals surface area contributed by atoms with Gasteiger partial charge in [-0.3, -0.25) is 9.36 Å². The number of aromatic amines is 1. The van der Waals surface area contributed by atoms with Crippen molar-refractivity contribution in [3.05, 3.63) is 59.2 Å². The quantitative estimate of drug-likeness (QED) is 0.322. The second-order valence-electron chi connectivity index (χ2n) is 8.51. The molecule has 0 saturated carbocycles. The molecule has 7 nitrogen and oxygen atoms in total. The zero-order valence-corrected chi connectivity index (χ0v) is 20.6. The molecule has 0 aliphatic carbocycles. The van der Waals surface area contributed by atoms with Crippen LogP contribution in [0.4, 0.5) is 5.69 Å². The molecule has 2 N–H and O–H groups in total. The Balaban J connectivity index is 1.42. The molecule has 0 bridgehead atoms. The molecule has 0 spiro atoms. The number of carbonyl (C=O) groups excluding carboxylic acids is 1. The first-order valence-corrected chi connectivity index (χ1v) is 12.6. The largest absolute Gasteiger partial charge is 0.376 e. The van der Waals surface area contributed by atoms with Gasteiger partial charge in [-0.25, -0.2) is 0 Å². The Labute approximate surface area is 207 Å². The molecule has 3 heterocycles. The number of aromatic nitrogens is 4. The number of nitrogens with zero attached hydrogens (tertiary/aromatic N) is 3. The molecule has 5 rings (SSSR count). The lowest BCUT2D eigenvalue weighted by molar-refractivity contribution is -0.115. The maximum atomic E-state index is 13.0. The van der Waals surface area contributed by atoms with Gasteiger partial charge >= 0.3 is 0 Å². The monoisotopic (exact) mass is 495 g/mol. The highest BCUT2D eigenvalue weighted by molar-refractivity contribution is 8.00. The fraction of sp³-hybridized carbons (Fsp3) is 0.320. The van der Waals surface area contributed by atoms with Crippen LogP contribution in [0.3, 0.4) is 0 Å². The molecule has 1 aliphatic heterocycles. The van der Waals surface area contributed by atoms with Crippen molar-refractivity contribution in [2.45, 2.75) is 49.7 Å². The highest BCUT2D eigenvalue weighted by Gasteiger charge is 2.25. The molecule has 9 heteroatoms. The van der Waals surface area contributed by atoms with E-state index in [-0.39, 0.29) is 17.3 Å². The number of ether oxygens (including phenoxy) is 1. The summed E-state index contributed by atoms with van der Waals surface area (Å²) in [5.41, 5.74) is 3.70. The van der Waals surface area contributed by atoms with E-state index in [1.54, 1.807) is 6.07 Å². The second kappa shape index (κ2) is 9.82. The number of halogens is 1. The number of aryl methyl sites for hydroxylation is 1. The summed E-state index contributed by atoms with van der Waals surface area (Å²) in [6.07, 6.45) is 4.13. The van der Waals surface area contributed by atoms with Crippen molar-refractivity contribution in [3.8, 4) is 11.4 Å². The highest BCUT2D eigenvalue weighted by Crippen LogP contribution is 2.33. The molecule has 1 aliphatic rings. The van der Waals surface area contributed by atoms with Gasteiger partial charge in [0, 0.05) is 40.0 Å². The van der Waals surface area contributed by atoms with Gasteiger partial charge in [0.1, 0.15) is 0 Å². The number of carbonyl (C=O) groups is 1. The lowest BCUT2D eigenvalue weighted by atomic mass is 10.1. The van der Waals surface area contributed by atoms with Crippen LogP contribution in [0, 0.1) is 6.92 Å². The topological polar surface area (TPSA) is 84.8 Å². The Bertz CT molecular complexity index is 1330. The minimum Gasteiger partial charge on any atom is -0.376 e. The maximum absolute atomic E-state index is 13.0. The van der Waals surface area contributed by atoms with E-state index >= 15 is 0 Å². The molecular weight excluding hydrogens is 470 g/mol. The Morgan fingerprint density at radius 2 is 2.18 bits per heavy atom. The number of hydrogen-bond donors (Lipinski definition) is 2. The summed E-state index contributed by atoms with van der Waals surface area (Å²) in [6, 6.07) is 13.6. The molecule has 1 fully saturated rings. The van der Waals surface area contributed by atoms with Crippen molar-refractivity contribution in [3.63, 3.8) is 0 Å². The minimum absolute atomic E-state index is 0.109. The summed E-state index contributed by atoms with van der Waals surface area (Å²) in [6.45, 7) is 5.23. The van der Waals surface area contributed by atoms with Crippen LogP contribution in [-0.4, -0.2) is 43.6 Å². The number of nitrogens with one attached hydrogen (secondary N) is 2. The summed E-state index contributed by atoms with van der Waals surface area (Å²) in [7, 11) is 0. The predicted molar refractivity (Wildman–Crippen MR) is 136 cm³/mol. The van der Waals surface area contributed by atoms with Crippen LogP contribution in [-0.2, 0) is 16.1 Å².